The van der Waals surface area contributed by atoms with Gasteiger partial charge in [0.2, 0.25) is 10.0 Å². The molecule has 0 heterocycles. The highest BCUT2D eigenvalue weighted by atomic mass is 32.2. The molecule has 0 aliphatic rings. The van der Waals surface area contributed by atoms with Crippen molar-refractivity contribution in [1.82, 2.24) is 5.32 Å². The van der Waals surface area contributed by atoms with Crippen LogP contribution in [0, 0.1) is 0 Å². The number of sulfonamides is 1. The largest absolute Gasteiger partial charge is 0.416 e. The molecule has 134 valence electrons. The standard InChI is InChI=1S/C16H15F3N2O3S/c1-10(11-4-3-7-14(9-11)25(20,23)24)21-15(22)12-5-2-6-13(8-12)16(17,18)19/h2-10H,1H3,(H,21,22)(H2,20,23,24)/t10-/m1/s1. The minimum atomic E-state index is -4.55. The Bertz CT molecular complexity index is 895. The number of carbonyl (C=O) groups is 1. The van der Waals surface area contributed by atoms with E-state index in [-0.39, 0.29) is 10.5 Å². The predicted molar refractivity (Wildman–Crippen MR) is 85.1 cm³/mol. The van der Waals surface area contributed by atoms with Gasteiger partial charge in [-0.05, 0) is 42.8 Å². The van der Waals surface area contributed by atoms with Crippen LogP contribution in [0.3, 0.4) is 0 Å². The van der Waals surface area contributed by atoms with Crippen molar-refractivity contribution in [2.75, 3.05) is 0 Å². The summed E-state index contributed by atoms with van der Waals surface area (Å²) in [5.41, 5.74) is -0.625. The average molecular weight is 372 g/mol. The van der Waals surface area contributed by atoms with Crippen LogP contribution in [0.1, 0.15) is 34.5 Å². The van der Waals surface area contributed by atoms with E-state index in [9.17, 15) is 26.4 Å². The molecule has 0 aromatic heterocycles. The number of carbonyl (C=O) groups excluding carboxylic acids is 1. The highest BCUT2D eigenvalue weighted by Gasteiger charge is 2.31. The Balaban J connectivity index is 2.21. The summed E-state index contributed by atoms with van der Waals surface area (Å²) in [6.45, 7) is 1.58. The van der Waals surface area contributed by atoms with Crippen molar-refractivity contribution in [1.29, 1.82) is 0 Å². The second kappa shape index (κ2) is 6.85. The monoisotopic (exact) mass is 372 g/mol. The highest BCUT2D eigenvalue weighted by molar-refractivity contribution is 7.89. The summed E-state index contributed by atoms with van der Waals surface area (Å²) in [5.74, 6) is -0.709. The third-order valence-corrected chi connectivity index (χ3v) is 4.40. The van der Waals surface area contributed by atoms with Crippen LogP contribution in [0.25, 0.3) is 0 Å². The van der Waals surface area contributed by atoms with Gasteiger partial charge in [-0.15, -0.1) is 0 Å². The summed E-state index contributed by atoms with van der Waals surface area (Å²) >= 11 is 0. The van der Waals surface area contributed by atoms with Crippen LogP contribution in [0.2, 0.25) is 0 Å². The van der Waals surface area contributed by atoms with Crippen LogP contribution >= 0.6 is 0 Å². The normalized spacial score (nSPS) is 13.3. The molecule has 0 bridgehead atoms. The highest BCUT2D eigenvalue weighted by Crippen LogP contribution is 2.29. The molecule has 0 spiro atoms. The minimum Gasteiger partial charge on any atom is -0.346 e. The lowest BCUT2D eigenvalue weighted by Crippen LogP contribution is -2.27. The Labute approximate surface area is 142 Å². The van der Waals surface area contributed by atoms with Gasteiger partial charge in [-0.3, -0.25) is 4.79 Å². The smallest absolute Gasteiger partial charge is 0.346 e. The molecule has 0 saturated heterocycles. The van der Waals surface area contributed by atoms with E-state index >= 15 is 0 Å². The molecule has 2 rings (SSSR count). The van der Waals surface area contributed by atoms with Crippen molar-refractivity contribution in [2.45, 2.75) is 24.0 Å². The van der Waals surface area contributed by atoms with Crippen LogP contribution in [0.5, 0.6) is 0 Å². The third kappa shape index (κ3) is 4.80. The molecular weight excluding hydrogens is 357 g/mol. The number of benzene rings is 2. The van der Waals surface area contributed by atoms with Crippen molar-refractivity contribution in [3.8, 4) is 0 Å². The Morgan fingerprint density at radius 1 is 1.12 bits per heavy atom. The average Bonchev–Trinajstić information content (AvgIpc) is 2.53. The first-order chi connectivity index (χ1) is 11.5. The maximum absolute atomic E-state index is 12.7. The quantitative estimate of drug-likeness (QED) is 0.865. The fraction of sp³-hybridized carbons (Fsp3) is 0.188. The number of primary sulfonamides is 1. The van der Waals surface area contributed by atoms with Gasteiger partial charge in [-0.2, -0.15) is 13.2 Å². The van der Waals surface area contributed by atoms with Crippen LogP contribution < -0.4 is 10.5 Å². The van der Waals surface area contributed by atoms with Gasteiger partial charge in [0.05, 0.1) is 16.5 Å². The van der Waals surface area contributed by atoms with Crippen molar-refractivity contribution < 1.29 is 26.4 Å². The second-order valence-corrected chi connectivity index (χ2v) is 6.95. The first kappa shape index (κ1) is 18.9. The van der Waals surface area contributed by atoms with Gasteiger partial charge in [-0.1, -0.05) is 18.2 Å². The van der Waals surface area contributed by atoms with Crippen molar-refractivity contribution in [3.05, 3.63) is 65.2 Å². The number of hydrogen-bond acceptors (Lipinski definition) is 3. The van der Waals surface area contributed by atoms with Gasteiger partial charge in [-0.25, -0.2) is 13.6 Å². The van der Waals surface area contributed by atoms with E-state index in [0.29, 0.717) is 5.56 Å². The number of rotatable bonds is 4. The Morgan fingerprint density at radius 3 is 2.36 bits per heavy atom. The summed E-state index contributed by atoms with van der Waals surface area (Å²) in [5, 5.41) is 7.58. The number of nitrogens with two attached hydrogens (primary N) is 1. The molecule has 25 heavy (non-hydrogen) atoms. The molecule has 0 aliphatic heterocycles. The van der Waals surface area contributed by atoms with Crippen LogP contribution in [-0.2, 0) is 16.2 Å². The molecule has 2 aromatic rings. The van der Waals surface area contributed by atoms with E-state index in [1.165, 1.54) is 24.3 Å². The van der Waals surface area contributed by atoms with Gasteiger partial charge in [0.15, 0.2) is 0 Å². The number of amides is 1. The lowest BCUT2D eigenvalue weighted by atomic mass is 10.1. The zero-order valence-electron chi connectivity index (χ0n) is 13.0. The van der Waals surface area contributed by atoms with Crippen LogP contribution in [-0.4, -0.2) is 14.3 Å². The van der Waals surface area contributed by atoms with E-state index in [0.717, 1.165) is 18.2 Å². The Kier molecular flexibility index (Phi) is 5.19. The zero-order chi connectivity index (χ0) is 18.8. The lowest BCUT2D eigenvalue weighted by Gasteiger charge is -2.16. The van der Waals surface area contributed by atoms with Crippen LogP contribution in [0.15, 0.2) is 53.4 Å². The van der Waals surface area contributed by atoms with Gasteiger partial charge in [0.1, 0.15) is 0 Å². The van der Waals surface area contributed by atoms with Crippen molar-refractivity contribution >= 4 is 15.9 Å². The topological polar surface area (TPSA) is 89.3 Å². The predicted octanol–water partition coefficient (Wildman–Crippen LogP) is 2.84. The third-order valence-electron chi connectivity index (χ3n) is 3.49. The van der Waals surface area contributed by atoms with Crippen molar-refractivity contribution in [2.24, 2.45) is 5.14 Å². The SMILES string of the molecule is C[C@@H](NC(=O)c1cccc(C(F)(F)F)c1)c1cccc(S(N)(=O)=O)c1. The molecule has 2 aromatic carbocycles. The fourth-order valence-corrected chi connectivity index (χ4v) is 2.73. The zero-order valence-corrected chi connectivity index (χ0v) is 13.9. The van der Waals surface area contributed by atoms with E-state index in [1.54, 1.807) is 13.0 Å². The van der Waals surface area contributed by atoms with Gasteiger partial charge in [0.25, 0.3) is 5.91 Å². The summed E-state index contributed by atoms with van der Waals surface area (Å²) in [4.78, 5) is 12.0. The van der Waals surface area contributed by atoms with E-state index in [4.69, 9.17) is 5.14 Å². The molecule has 1 atom stereocenters. The molecule has 9 heteroatoms. The summed E-state index contributed by atoms with van der Waals surface area (Å²) in [7, 11) is -3.90. The van der Waals surface area contributed by atoms with E-state index < -0.39 is 33.7 Å². The number of hydrogen-bond donors (Lipinski definition) is 2. The number of halogens is 3. The maximum Gasteiger partial charge on any atom is 0.416 e. The van der Waals surface area contributed by atoms with Gasteiger partial charge < -0.3 is 5.32 Å². The second-order valence-electron chi connectivity index (χ2n) is 5.39. The number of nitrogens with one attached hydrogen (secondary N) is 1. The van der Waals surface area contributed by atoms with Gasteiger partial charge in [0, 0.05) is 5.56 Å². The summed E-state index contributed by atoms with van der Waals surface area (Å²) in [6, 6.07) is 9.03. The Morgan fingerprint density at radius 2 is 1.76 bits per heavy atom. The maximum atomic E-state index is 12.7. The summed E-state index contributed by atoms with van der Waals surface area (Å²) in [6.07, 6.45) is -4.55. The molecule has 0 fully saturated rings. The van der Waals surface area contributed by atoms with E-state index in [1.807, 2.05) is 0 Å². The molecule has 0 saturated carbocycles. The van der Waals surface area contributed by atoms with Crippen LogP contribution in [0.4, 0.5) is 13.2 Å². The minimum absolute atomic E-state index is 0.120. The first-order valence-corrected chi connectivity index (χ1v) is 8.64. The molecule has 0 unspecified atom stereocenters. The first-order valence-electron chi connectivity index (χ1n) is 7.09. The summed E-state index contributed by atoms with van der Waals surface area (Å²) < 4.78 is 60.9. The Hall–Kier alpha value is -2.39. The molecule has 0 radical (unpaired) electrons. The lowest BCUT2D eigenvalue weighted by molar-refractivity contribution is -0.137. The van der Waals surface area contributed by atoms with E-state index in [2.05, 4.69) is 5.32 Å². The molecule has 5 nitrogen and oxygen atoms in total. The molecular formula is C16H15F3N2O3S. The molecule has 0 aliphatic carbocycles. The van der Waals surface area contributed by atoms with Crippen molar-refractivity contribution in [3.63, 3.8) is 0 Å². The van der Waals surface area contributed by atoms with Gasteiger partial charge >= 0.3 is 6.18 Å². The molecule has 3 N–H and O–H groups in total. The fourth-order valence-electron chi connectivity index (χ4n) is 2.16. The molecule has 1 amide bonds. The number of alkyl halides is 3.